The summed E-state index contributed by atoms with van der Waals surface area (Å²) in [6, 6.07) is 14.7. The third kappa shape index (κ3) is 4.84. The monoisotopic (exact) mass is 328 g/mol. The van der Waals surface area contributed by atoms with Crippen LogP contribution >= 0.6 is 0 Å². The van der Waals surface area contributed by atoms with Gasteiger partial charge in [0.25, 0.3) is 0 Å². The fraction of sp³-hybridized carbons (Fsp3) is 0.263. The molecule has 0 aliphatic carbocycles. The molecule has 0 unspecified atom stereocenters. The maximum atomic E-state index is 11.7. The lowest BCUT2D eigenvalue weighted by Crippen LogP contribution is -2.07. The van der Waals surface area contributed by atoms with Gasteiger partial charge in [0.1, 0.15) is 12.4 Å². The van der Waals surface area contributed by atoms with Crippen molar-refractivity contribution in [3.05, 3.63) is 65.2 Å². The summed E-state index contributed by atoms with van der Waals surface area (Å²) in [7, 11) is 2.73. The highest BCUT2D eigenvalue weighted by Gasteiger charge is 2.11. The first kappa shape index (κ1) is 17.5. The molecule has 126 valence electrons. The zero-order chi connectivity index (χ0) is 17.4. The Kier molecular flexibility index (Phi) is 6.37. The molecule has 0 radical (unpaired) electrons. The third-order valence-corrected chi connectivity index (χ3v) is 3.59. The van der Waals surface area contributed by atoms with Crippen molar-refractivity contribution in [1.29, 1.82) is 0 Å². The smallest absolute Gasteiger partial charge is 0.338 e. The standard InChI is InChI=1S/C19H20O5/c1-22-18(20)12-9-14-7-10-16(11-8-14)24-13-15-5-3-4-6-17(15)19(21)23-2/h3-8,10-11H,9,12-13H2,1-2H3. The predicted molar refractivity (Wildman–Crippen MR) is 88.9 cm³/mol. The summed E-state index contributed by atoms with van der Waals surface area (Å²) < 4.78 is 15.1. The topological polar surface area (TPSA) is 61.8 Å². The Morgan fingerprint density at radius 1 is 0.917 bits per heavy atom. The minimum atomic E-state index is -0.382. The van der Waals surface area contributed by atoms with E-state index in [0.717, 1.165) is 11.1 Å². The van der Waals surface area contributed by atoms with Crippen LogP contribution in [0.2, 0.25) is 0 Å². The summed E-state index contributed by atoms with van der Waals surface area (Å²) >= 11 is 0. The molecule has 0 atom stereocenters. The molecule has 0 saturated heterocycles. The number of esters is 2. The van der Waals surface area contributed by atoms with E-state index in [1.165, 1.54) is 14.2 Å². The highest BCUT2D eigenvalue weighted by Crippen LogP contribution is 2.17. The number of carbonyl (C=O) groups is 2. The van der Waals surface area contributed by atoms with Crippen molar-refractivity contribution in [1.82, 2.24) is 0 Å². The molecule has 0 aliphatic rings. The molecule has 0 aromatic heterocycles. The van der Waals surface area contributed by atoms with Crippen molar-refractivity contribution in [3.63, 3.8) is 0 Å². The molecule has 0 bridgehead atoms. The Labute approximate surface area is 141 Å². The molecule has 0 fully saturated rings. The van der Waals surface area contributed by atoms with Gasteiger partial charge in [0.2, 0.25) is 0 Å². The van der Waals surface area contributed by atoms with Crippen molar-refractivity contribution in [2.45, 2.75) is 19.4 Å². The number of rotatable bonds is 7. The Morgan fingerprint density at radius 3 is 2.29 bits per heavy atom. The average molecular weight is 328 g/mol. The van der Waals surface area contributed by atoms with E-state index in [4.69, 9.17) is 9.47 Å². The molecule has 0 spiro atoms. The Hall–Kier alpha value is -2.82. The molecule has 0 N–H and O–H groups in total. The summed E-state index contributed by atoms with van der Waals surface area (Å²) in [4.78, 5) is 22.9. The highest BCUT2D eigenvalue weighted by molar-refractivity contribution is 5.90. The Morgan fingerprint density at radius 2 is 1.62 bits per heavy atom. The van der Waals surface area contributed by atoms with Crippen molar-refractivity contribution in [3.8, 4) is 5.75 Å². The van der Waals surface area contributed by atoms with Crippen LogP contribution in [0.15, 0.2) is 48.5 Å². The van der Waals surface area contributed by atoms with Crippen molar-refractivity contribution in [2.75, 3.05) is 14.2 Å². The van der Waals surface area contributed by atoms with Gasteiger partial charge in [-0.15, -0.1) is 0 Å². The van der Waals surface area contributed by atoms with Gasteiger partial charge in [0, 0.05) is 12.0 Å². The molecule has 0 saturated carbocycles. The van der Waals surface area contributed by atoms with E-state index < -0.39 is 0 Å². The number of carbonyl (C=O) groups excluding carboxylic acids is 2. The second-order valence-electron chi connectivity index (χ2n) is 5.16. The zero-order valence-electron chi connectivity index (χ0n) is 13.8. The summed E-state index contributed by atoms with van der Waals surface area (Å²) in [6.07, 6.45) is 0.974. The summed E-state index contributed by atoms with van der Waals surface area (Å²) in [5.41, 5.74) is 2.29. The van der Waals surface area contributed by atoms with Gasteiger partial charge < -0.3 is 14.2 Å². The minimum absolute atomic E-state index is 0.227. The largest absolute Gasteiger partial charge is 0.489 e. The fourth-order valence-electron chi connectivity index (χ4n) is 2.22. The molecular weight excluding hydrogens is 308 g/mol. The average Bonchev–Trinajstić information content (AvgIpc) is 2.64. The Bertz CT molecular complexity index is 691. The Balaban J connectivity index is 1.95. The third-order valence-electron chi connectivity index (χ3n) is 3.59. The zero-order valence-corrected chi connectivity index (χ0v) is 13.8. The SMILES string of the molecule is COC(=O)CCc1ccc(OCc2ccccc2C(=O)OC)cc1. The van der Waals surface area contributed by atoms with Crippen molar-refractivity contribution >= 4 is 11.9 Å². The van der Waals surface area contributed by atoms with Crippen LogP contribution in [0.1, 0.15) is 27.9 Å². The van der Waals surface area contributed by atoms with Crippen LogP contribution in [-0.4, -0.2) is 26.2 Å². The van der Waals surface area contributed by atoms with E-state index in [1.54, 1.807) is 12.1 Å². The van der Waals surface area contributed by atoms with Gasteiger partial charge in [-0.25, -0.2) is 4.79 Å². The van der Waals surface area contributed by atoms with Crippen LogP contribution in [0, 0.1) is 0 Å². The van der Waals surface area contributed by atoms with Crippen LogP contribution in [0.25, 0.3) is 0 Å². The highest BCUT2D eigenvalue weighted by atomic mass is 16.5. The van der Waals surface area contributed by atoms with Crippen molar-refractivity contribution < 1.29 is 23.8 Å². The molecule has 2 aromatic carbocycles. The lowest BCUT2D eigenvalue weighted by molar-refractivity contribution is -0.140. The van der Waals surface area contributed by atoms with Gasteiger partial charge in [0.15, 0.2) is 0 Å². The lowest BCUT2D eigenvalue weighted by atomic mass is 10.1. The molecule has 0 heterocycles. The van der Waals surface area contributed by atoms with E-state index in [-0.39, 0.29) is 18.5 Å². The molecule has 24 heavy (non-hydrogen) atoms. The second-order valence-corrected chi connectivity index (χ2v) is 5.16. The maximum Gasteiger partial charge on any atom is 0.338 e. The van der Waals surface area contributed by atoms with Crippen LogP contribution in [0.5, 0.6) is 5.75 Å². The lowest BCUT2D eigenvalue weighted by Gasteiger charge is -2.10. The van der Waals surface area contributed by atoms with E-state index in [2.05, 4.69) is 4.74 Å². The number of methoxy groups -OCH3 is 2. The van der Waals surface area contributed by atoms with Crippen molar-refractivity contribution in [2.24, 2.45) is 0 Å². The first-order valence-corrected chi connectivity index (χ1v) is 7.59. The molecule has 0 aliphatic heterocycles. The van der Waals surface area contributed by atoms with Crippen LogP contribution < -0.4 is 4.74 Å². The molecule has 5 heteroatoms. The van der Waals surface area contributed by atoms with Crippen LogP contribution in [0.4, 0.5) is 0 Å². The van der Waals surface area contributed by atoms with Gasteiger partial charge in [0.05, 0.1) is 19.8 Å². The summed E-state index contributed by atoms with van der Waals surface area (Å²) in [5, 5.41) is 0. The number of ether oxygens (including phenoxy) is 3. The number of hydrogen-bond donors (Lipinski definition) is 0. The number of aryl methyl sites for hydroxylation is 1. The molecule has 5 nitrogen and oxygen atoms in total. The van der Waals surface area contributed by atoms with Crippen LogP contribution in [0.3, 0.4) is 0 Å². The minimum Gasteiger partial charge on any atom is -0.489 e. The summed E-state index contributed by atoms with van der Waals surface area (Å²) in [6.45, 7) is 0.271. The van der Waals surface area contributed by atoms with Gasteiger partial charge in [-0.1, -0.05) is 30.3 Å². The van der Waals surface area contributed by atoms with E-state index in [1.807, 2.05) is 36.4 Å². The molecule has 0 amide bonds. The van der Waals surface area contributed by atoms with E-state index >= 15 is 0 Å². The number of benzene rings is 2. The second kappa shape index (κ2) is 8.72. The molecular formula is C19H20O5. The van der Waals surface area contributed by atoms with Crippen LogP contribution in [-0.2, 0) is 27.3 Å². The van der Waals surface area contributed by atoms with Gasteiger partial charge in [-0.3, -0.25) is 4.79 Å². The van der Waals surface area contributed by atoms with E-state index in [0.29, 0.717) is 24.2 Å². The maximum absolute atomic E-state index is 11.7. The van der Waals surface area contributed by atoms with E-state index in [9.17, 15) is 9.59 Å². The fourth-order valence-corrected chi connectivity index (χ4v) is 2.22. The van der Waals surface area contributed by atoms with Gasteiger partial charge in [-0.2, -0.15) is 0 Å². The quantitative estimate of drug-likeness (QED) is 0.731. The molecule has 2 rings (SSSR count). The normalized spacial score (nSPS) is 10.1. The summed E-state index contributed by atoms with van der Waals surface area (Å²) in [5.74, 6) is 0.0820. The van der Waals surface area contributed by atoms with Gasteiger partial charge >= 0.3 is 11.9 Å². The first-order valence-electron chi connectivity index (χ1n) is 7.59. The van der Waals surface area contributed by atoms with Gasteiger partial charge in [-0.05, 0) is 30.2 Å². The predicted octanol–water partition coefficient (Wildman–Crippen LogP) is 3.16. The first-order chi connectivity index (χ1) is 11.6. The number of hydrogen-bond acceptors (Lipinski definition) is 5. The molecule has 2 aromatic rings.